The van der Waals surface area contributed by atoms with E-state index in [2.05, 4.69) is 5.32 Å². The lowest BCUT2D eigenvalue weighted by atomic mass is 9.87. The molecule has 21 heavy (non-hydrogen) atoms. The first-order valence-electron chi connectivity index (χ1n) is 7.70. The van der Waals surface area contributed by atoms with Crippen LogP contribution in [0.3, 0.4) is 0 Å². The van der Waals surface area contributed by atoms with Crippen molar-refractivity contribution < 1.29 is 14.3 Å². The number of carbonyl (C=O) groups excluding carboxylic acids is 1. The van der Waals surface area contributed by atoms with Gasteiger partial charge in [0.2, 0.25) is 5.91 Å². The highest BCUT2D eigenvalue weighted by Gasteiger charge is 2.17. The maximum Gasteiger partial charge on any atom is 0.220 e. The highest BCUT2D eigenvalue weighted by Crippen LogP contribution is 2.27. The number of carbonyl (C=O) groups is 1. The number of methoxy groups -OCH3 is 2. The van der Waals surface area contributed by atoms with Gasteiger partial charge in [-0.3, -0.25) is 4.79 Å². The second-order valence-corrected chi connectivity index (χ2v) is 5.66. The van der Waals surface area contributed by atoms with Crippen molar-refractivity contribution in [1.82, 2.24) is 5.32 Å². The lowest BCUT2D eigenvalue weighted by Gasteiger charge is -2.21. The number of hydrogen-bond acceptors (Lipinski definition) is 3. The van der Waals surface area contributed by atoms with Gasteiger partial charge in [0, 0.05) is 18.5 Å². The summed E-state index contributed by atoms with van der Waals surface area (Å²) in [6, 6.07) is 5.62. The molecule has 1 fully saturated rings. The zero-order valence-electron chi connectivity index (χ0n) is 13.0. The molecule has 1 aliphatic carbocycles. The molecular weight excluding hydrogens is 266 g/mol. The van der Waals surface area contributed by atoms with E-state index in [4.69, 9.17) is 9.47 Å². The van der Waals surface area contributed by atoms with Gasteiger partial charge in [-0.1, -0.05) is 19.3 Å². The molecule has 4 heteroatoms. The van der Waals surface area contributed by atoms with Crippen LogP contribution in [-0.4, -0.2) is 20.1 Å². The normalized spacial score (nSPS) is 15.5. The summed E-state index contributed by atoms with van der Waals surface area (Å²) in [5.74, 6) is 2.24. The summed E-state index contributed by atoms with van der Waals surface area (Å²) in [4.78, 5) is 12.1. The van der Waals surface area contributed by atoms with Crippen LogP contribution < -0.4 is 14.8 Å². The van der Waals surface area contributed by atoms with E-state index >= 15 is 0 Å². The Morgan fingerprint density at radius 3 is 2.62 bits per heavy atom. The van der Waals surface area contributed by atoms with Gasteiger partial charge in [0.15, 0.2) is 0 Å². The molecule has 1 aromatic carbocycles. The van der Waals surface area contributed by atoms with E-state index in [0.29, 0.717) is 18.9 Å². The molecule has 1 N–H and O–H groups in total. The molecule has 1 saturated carbocycles. The van der Waals surface area contributed by atoms with Crippen molar-refractivity contribution in [2.75, 3.05) is 14.2 Å². The summed E-state index contributed by atoms with van der Waals surface area (Å²) in [5, 5.41) is 3.00. The maximum absolute atomic E-state index is 12.1. The monoisotopic (exact) mass is 291 g/mol. The number of hydrogen-bond donors (Lipinski definition) is 1. The Hall–Kier alpha value is -1.71. The molecule has 0 bridgehead atoms. The Bertz CT molecular complexity index is 467. The second kappa shape index (κ2) is 7.91. The zero-order valence-corrected chi connectivity index (χ0v) is 13.0. The third-order valence-electron chi connectivity index (χ3n) is 4.16. The molecule has 4 nitrogen and oxygen atoms in total. The average molecular weight is 291 g/mol. The Morgan fingerprint density at radius 1 is 1.19 bits per heavy atom. The van der Waals surface area contributed by atoms with Crippen LogP contribution in [0.2, 0.25) is 0 Å². The third kappa shape index (κ3) is 4.66. The molecule has 0 spiro atoms. The smallest absolute Gasteiger partial charge is 0.220 e. The van der Waals surface area contributed by atoms with Gasteiger partial charge in [0.25, 0.3) is 0 Å². The van der Waals surface area contributed by atoms with Crippen LogP contribution in [0.5, 0.6) is 11.5 Å². The first-order valence-corrected chi connectivity index (χ1v) is 7.70. The van der Waals surface area contributed by atoms with Crippen LogP contribution in [-0.2, 0) is 11.3 Å². The molecular formula is C17H25NO3. The third-order valence-corrected chi connectivity index (χ3v) is 4.16. The van der Waals surface area contributed by atoms with Crippen LogP contribution in [0.1, 0.15) is 44.1 Å². The topological polar surface area (TPSA) is 47.6 Å². The summed E-state index contributed by atoms with van der Waals surface area (Å²) >= 11 is 0. The van der Waals surface area contributed by atoms with Crippen LogP contribution in [0.4, 0.5) is 0 Å². The fraction of sp³-hybridized carbons (Fsp3) is 0.588. The minimum absolute atomic E-state index is 0.131. The highest BCUT2D eigenvalue weighted by atomic mass is 16.5. The van der Waals surface area contributed by atoms with E-state index in [1.54, 1.807) is 14.2 Å². The van der Waals surface area contributed by atoms with Gasteiger partial charge in [0.1, 0.15) is 11.5 Å². The quantitative estimate of drug-likeness (QED) is 0.875. The lowest BCUT2D eigenvalue weighted by molar-refractivity contribution is -0.122. The van der Waals surface area contributed by atoms with Gasteiger partial charge in [-0.2, -0.15) is 0 Å². The van der Waals surface area contributed by atoms with E-state index in [1.807, 2.05) is 18.2 Å². The van der Waals surface area contributed by atoms with E-state index in [-0.39, 0.29) is 5.91 Å². The standard InChI is InChI=1S/C17H25NO3/c1-20-15-8-9-16(21-2)14(11-15)12-18-17(19)10-13-6-4-3-5-7-13/h8-9,11,13H,3-7,10,12H2,1-2H3,(H,18,19). The SMILES string of the molecule is COc1ccc(OC)c(CNC(=O)CC2CCCCC2)c1. The van der Waals surface area contributed by atoms with E-state index in [1.165, 1.54) is 32.1 Å². The molecule has 116 valence electrons. The Morgan fingerprint density at radius 2 is 1.95 bits per heavy atom. The number of benzene rings is 1. The predicted molar refractivity (Wildman–Crippen MR) is 82.6 cm³/mol. The summed E-state index contributed by atoms with van der Waals surface area (Å²) in [7, 11) is 3.27. The molecule has 1 aromatic rings. The minimum atomic E-state index is 0.131. The van der Waals surface area contributed by atoms with Crippen molar-refractivity contribution in [3.8, 4) is 11.5 Å². The van der Waals surface area contributed by atoms with Crippen molar-refractivity contribution >= 4 is 5.91 Å². The fourth-order valence-corrected chi connectivity index (χ4v) is 2.94. The summed E-state index contributed by atoms with van der Waals surface area (Å²) in [5.41, 5.74) is 0.939. The summed E-state index contributed by atoms with van der Waals surface area (Å²) in [6.45, 7) is 0.478. The van der Waals surface area contributed by atoms with Crippen LogP contribution in [0, 0.1) is 5.92 Å². The number of ether oxygens (including phenoxy) is 2. The molecule has 0 unspecified atom stereocenters. The molecule has 1 amide bonds. The van der Waals surface area contributed by atoms with Crippen molar-refractivity contribution in [2.45, 2.75) is 45.1 Å². The molecule has 0 aliphatic heterocycles. The van der Waals surface area contributed by atoms with Gasteiger partial charge in [-0.05, 0) is 37.0 Å². The lowest BCUT2D eigenvalue weighted by Crippen LogP contribution is -2.26. The molecule has 0 radical (unpaired) electrons. The van der Waals surface area contributed by atoms with Gasteiger partial charge in [-0.25, -0.2) is 0 Å². The molecule has 2 rings (SSSR count). The van der Waals surface area contributed by atoms with E-state index < -0.39 is 0 Å². The van der Waals surface area contributed by atoms with Gasteiger partial charge >= 0.3 is 0 Å². The van der Waals surface area contributed by atoms with E-state index in [9.17, 15) is 4.79 Å². The largest absolute Gasteiger partial charge is 0.497 e. The summed E-state index contributed by atoms with van der Waals surface area (Å²) < 4.78 is 10.5. The summed E-state index contributed by atoms with van der Waals surface area (Å²) in [6.07, 6.45) is 6.88. The molecule has 0 atom stereocenters. The van der Waals surface area contributed by atoms with Crippen molar-refractivity contribution in [1.29, 1.82) is 0 Å². The van der Waals surface area contributed by atoms with E-state index in [0.717, 1.165) is 17.1 Å². The minimum Gasteiger partial charge on any atom is -0.497 e. The first kappa shape index (κ1) is 15.7. The van der Waals surface area contributed by atoms with Gasteiger partial charge in [-0.15, -0.1) is 0 Å². The Kier molecular flexibility index (Phi) is 5.90. The Balaban J connectivity index is 1.87. The molecule has 1 aliphatic rings. The first-order chi connectivity index (χ1) is 10.2. The Labute approximate surface area is 126 Å². The second-order valence-electron chi connectivity index (χ2n) is 5.66. The van der Waals surface area contributed by atoms with Crippen molar-refractivity contribution in [3.63, 3.8) is 0 Å². The number of nitrogens with one attached hydrogen (secondary N) is 1. The van der Waals surface area contributed by atoms with Crippen LogP contribution >= 0.6 is 0 Å². The van der Waals surface area contributed by atoms with Crippen molar-refractivity contribution in [3.05, 3.63) is 23.8 Å². The van der Waals surface area contributed by atoms with Gasteiger partial charge in [0.05, 0.1) is 14.2 Å². The molecule has 0 saturated heterocycles. The van der Waals surface area contributed by atoms with Crippen molar-refractivity contribution in [2.24, 2.45) is 5.92 Å². The van der Waals surface area contributed by atoms with Crippen LogP contribution in [0.15, 0.2) is 18.2 Å². The molecule has 0 aromatic heterocycles. The zero-order chi connectivity index (χ0) is 15.1. The molecule has 0 heterocycles. The predicted octanol–water partition coefficient (Wildman–Crippen LogP) is 3.29. The number of amides is 1. The average Bonchev–Trinajstić information content (AvgIpc) is 2.53. The highest BCUT2D eigenvalue weighted by molar-refractivity contribution is 5.76. The maximum atomic E-state index is 12.1. The van der Waals surface area contributed by atoms with Crippen LogP contribution in [0.25, 0.3) is 0 Å². The fourth-order valence-electron chi connectivity index (χ4n) is 2.94. The number of rotatable bonds is 6. The van der Waals surface area contributed by atoms with Gasteiger partial charge < -0.3 is 14.8 Å².